The fraction of sp³-hybridized carbons (Fsp3) is 0. The van der Waals surface area contributed by atoms with Gasteiger partial charge in [-0.3, -0.25) is 14.9 Å². The first-order valence-corrected chi connectivity index (χ1v) is 6.53. The van der Waals surface area contributed by atoms with Crippen molar-refractivity contribution < 1.29 is 18.5 Å². The number of amides is 1. The average Bonchev–Trinajstić information content (AvgIpc) is 2.55. The molecular weight excluding hydrogens is 320 g/mol. The van der Waals surface area contributed by atoms with Crippen LogP contribution in [0.2, 0.25) is 0 Å². The first-order chi connectivity index (χ1) is 11.4. The molecule has 0 aliphatic carbocycles. The second-order valence-corrected chi connectivity index (χ2v) is 4.60. The molecular formula is C16H9F2N3O3. The van der Waals surface area contributed by atoms with E-state index >= 15 is 0 Å². The molecule has 0 radical (unpaired) electrons. The molecule has 0 unspecified atom stereocenters. The van der Waals surface area contributed by atoms with Crippen molar-refractivity contribution in [3.63, 3.8) is 0 Å². The Hall–Kier alpha value is -3.60. The zero-order valence-electron chi connectivity index (χ0n) is 12.0. The Morgan fingerprint density at radius 2 is 1.88 bits per heavy atom. The van der Waals surface area contributed by atoms with Crippen LogP contribution in [0.25, 0.3) is 6.08 Å². The molecule has 24 heavy (non-hydrogen) atoms. The van der Waals surface area contributed by atoms with Gasteiger partial charge in [0.2, 0.25) is 5.82 Å². The topological polar surface area (TPSA) is 96.0 Å². The first kappa shape index (κ1) is 16.8. The lowest BCUT2D eigenvalue weighted by Crippen LogP contribution is -2.13. The average molecular weight is 329 g/mol. The van der Waals surface area contributed by atoms with Crippen LogP contribution < -0.4 is 5.32 Å². The minimum absolute atomic E-state index is 0.119. The van der Waals surface area contributed by atoms with Crippen LogP contribution in [0, 0.1) is 33.1 Å². The summed E-state index contributed by atoms with van der Waals surface area (Å²) in [6, 6.07) is 9.53. The molecule has 0 aliphatic rings. The van der Waals surface area contributed by atoms with Crippen LogP contribution >= 0.6 is 0 Å². The van der Waals surface area contributed by atoms with Gasteiger partial charge in [-0.2, -0.15) is 9.65 Å². The van der Waals surface area contributed by atoms with E-state index in [0.717, 1.165) is 30.3 Å². The highest BCUT2D eigenvalue weighted by Gasteiger charge is 2.15. The van der Waals surface area contributed by atoms with Crippen LogP contribution in [-0.2, 0) is 4.79 Å². The van der Waals surface area contributed by atoms with Gasteiger partial charge in [0.15, 0.2) is 0 Å². The fourth-order valence-corrected chi connectivity index (χ4v) is 1.81. The van der Waals surface area contributed by atoms with Crippen molar-refractivity contribution in [2.24, 2.45) is 0 Å². The van der Waals surface area contributed by atoms with E-state index in [1.54, 1.807) is 6.07 Å². The van der Waals surface area contributed by atoms with Crippen LogP contribution in [0.5, 0.6) is 0 Å². The van der Waals surface area contributed by atoms with Crippen molar-refractivity contribution in [2.75, 3.05) is 5.32 Å². The molecule has 2 aromatic carbocycles. The molecule has 0 aliphatic heterocycles. The van der Waals surface area contributed by atoms with Crippen LogP contribution in [-0.4, -0.2) is 10.8 Å². The van der Waals surface area contributed by atoms with Crippen molar-refractivity contribution in [1.29, 1.82) is 5.26 Å². The van der Waals surface area contributed by atoms with Gasteiger partial charge in [0, 0.05) is 11.8 Å². The molecule has 0 saturated carbocycles. The molecule has 8 heteroatoms. The van der Waals surface area contributed by atoms with Crippen molar-refractivity contribution in [3.8, 4) is 6.07 Å². The standard InChI is InChI=1S/C16H9F2N3O3/c17-12-2-4-13(5-3-12)20-16(22)11(9-19)7-10-1-6-14(18)15(8-10)21(23)24/h1-8H,(H,20,22). The Balaban J connectivity index is 2.27. The highest BCUT2D eigenvalue weighted by Crippen LogP contribution is 2.20. The van der Waals surface area contributed by atoms with E-state index in [1.807, 2.05) is 0 Å². The predicted octanol–water partition coefficient (Wildman–Crippen LogP) is 3.42. The Morgan fingerprint density at radius 1 is 1.21 bits per heavy atom. The Kier molecular flexibility index (Phi) is 4.96. The van der Waals surface area contributed by atoms with E-state index in [1.165, 1.54) is 18.2 Å². The van der Waals surface area contributed by atoms with E-state index in [0.29, 0.717) is 0 Å². The number of nitro groups is 1. The van der Waals surface area contributed by atoms with E-state index < -0.39 is 28.2 Å². The number of nitro benzene ring substituents is 1. The number of rotatable bonds is 4. The second kappa shape index (κ2) is 7.11. The summed E-state index contributed by atoms with van der Waals surface area (Å²) < 4.78 is 26.1. The Labute approximate surface area is 134 Å². The monoisotopic (exact) mass is 329 g/mol. The number of hydrogen-bond acceptors (Lipinski definition) is 4. The number of halogens is 2. The zero-order chi connectivity index (χ0) is 17.7. The molecule has 120 valence electrons. The normalized spacial score (nSPS) is 10.8. The summed E-state index contributed by atoms with van der Waals surface area (Å²) in [7, 11) is 0. The van der Waals surface area contributed by atoms with Gasteiger partial charge in [0.05, 0.1) is 4.92 Å². The molecule has 2 aromatic rings. The molecule has 0 heterocycles. The highest BCUT2D eigenvalue weighted by molar-refractivity contribution is 6.09. The fourth-order valence-electron chi connectivity index (χ4n) is 1.81. The number of nitriles is 1. The van der Waals surface area contributed by atoms with Crippen LogP contribution in [0.15, 0.2) is 48.0 Å². The van der Waals surface area contributed by atoms with Gasteiger partial charge in [0.1, 0.15) is 17.5 Å². The lowest BCUT2D eigenvalue weighted by molar-refractivity contribution is -0.387. The lowest BCUT2D eigenvalue weighted by atomic mass is 10.1. The third-order valence-electron chi connectivity index (χ3n) is 2.95. The van der Waals surface area contributed by atoms with E-state index in [4.69, 9.17) is 5.26 Å². The highest BCUT2D eigenvalue weighted by atomic mass is 19.1. The number of carbonyl (C=O) groups is 1. The van der Waals surface area contributed by atoms with Gasteiger partial charge in [-0.05, 0) is 42.0 Å². The SMILES string of the molecule is N#CC(=Cc1ccc(F)c([N+](=O)[O-])c1)C(=O)Nc1ccc(F)cc1. The van der Waals surface area contributed by atoms with Crippen molar-refractivity contribution in [3.05, 3.63) is 75.3 Å². The Bertz CT molecular complexity index is 871. The van der Waals surface area contributed by atoms with Crippen LogP contribution in [0.4, 0.5) is 20.2 Å². The van der Waals surface area contributed by atoms with Gasteiger partial charge < -0.3 is 5.32 Å². The van der Waals surface area contributed by atoms with Gasteiger partial charge in [0.25, 0.3) is 5.91 Å². The Morgan fingerprint density at radius 3 is 2.46 bits per heavy atom. The summed E-state index contributed by atoms with van der Waals surface area (Å²) in [4.78, 5) is 21.8. The number of nitrogens with one attached hydrogen (secondary N) is 1. The molecule has 0 bridgehead atoms. The van der Waals surface area contributed by atoms with Gasteiger partial charge in [-0.15, -0.1) is 0 Å². The van der Waals surface area contributed by atoms with Crippen LogP contribution in [0.3, 0.4) is 0 Å². The third-order valence-corrected chi connectivity index (χ3v) is 2.95. The largest absolute Gasteiger partial charge is 0.321 e. The number of nitrogens with zero attached hydrogens (tertiary/aromatic N) is 2. The minimum Gasteiger partial charge on any atom is -0.321 e. The summed E-state index contributed by atoms with van der Waals surface area (Å²) >= 11 is 0. The quantitative estimate of drug-likeness (QED) is 0.402. The first-order valence-electron chi connectivity index (χ1n) is 6.53. The molecule has 1 N–H and O–H groups in total. The maximum absolute atomic E-state index is 13.3. The lowest BCUT2D eigenvalue weighted by Gasteiger charge is -2.04. The minimum atomic E-state index is -1.02. The molecule has 0 saturated heterocycles. The maximum Gasteiger partial charge on any atom is 0.305 e. The van der Waals surface area contributed by atoms with Gasteiger partial charge in [-0.25, -0.2) is 4.39 Å². The molecule has 0 atom stereocenters. The molecule has 1 amide bonds. The number of benzene rings is 2. The molecule has 0 spiro atoms. The van der Waals surface area contributed by atoms with Gasteiger partial charge in [-0.1, -0.05) is 6.07 Å². The van der Waals surface area contributed by atoms with E-state index in [-0.39, 0.29) is 16.8 Å². The summed E-state index contributed by atoms with van der Waals surface area (Å²) in [6.07, 6.45) is 1.09. The predicted molar refractivity (Wildman–Crippen MR) is 81.7 cm³/mol. The number of anilines is 1. The smallest absolute Gasteiger partial charge is 0.305 e. The van der Waals surface area contributed by atoms with Crippen molar-refractivity contribution >= 4 is 23.4 Å². The van der Waals surface area contributed by atoms with Crippen LogP contribution in [0.1, 0.15) is 5.56 Å². The summed E-state index contributed by atoms with van der Waals surface area (Å²) in [5.41, 5.74) is -0.721. The number of hydrogen-bond donors (Lipinski definition) is 1. The third kappa shape index (κ3) is 3.98. The molecule has 6 nitrogen and oxygen atoms in total. The second-order valence-electron chi connectivity index (χ2n) is 4.60. The van der Waals surface area contributed by atoms with Gasteiger partial charge >= 0.3 is 5.69 Å². The molecule has 2 rings (SSSR count). The summed E-state index contributed by atoms with van der Waals surface area (Å²) in [5, 5.41) is 22.2. The van der Waals surface area contributed by atoms with Crippen molar-refractivity contribution in [2.45, 2.75) is 0 Å². The maximum atomic E-state index is 13.3. The van der Waals surface area contributed by atoms with E-state index in [2.05, 4.69) is 5.32 Å². The molecule has 0 aromatic heterocycles. The molecule has 0 fully saturated rings. The zero-order valence-corrected chi connectivity index (χ0v) is 12.0. The number of carbonyl (C=O) groups excluding carboxylic acids is 1. The van der Waals surface area contributed by atoms with E-state index in [9.17, 15) is 23.7 Å². The van der Waals surface area contributed by atoms with Crippen molar-refractivity contribution in [1.82, 2.24) is 0 Å². The summed E-state index contributed by atoms with van der Waals surface area (Å²) in [6.45, 7) is 0. The summed E-state index contributed by atoms with van der Waals surface area (Å²) in [5.74, 6) is -2.29.